The fraction of sp³-hybridized carbons (Fsp3) is 0.588. The van der Waals surface area contributed by atoms with Gasteiger partial charge in [0.05, 0.1) is 37.7 Å². The van der Waals surface area contributed by atoms with Gasteiger partial charge < -0.3 is 19.5 Å². The number of hydrogen-bond acceptors (Lipinski definition) is 6. The van der Waals surface area contributed by atoms with Crippen molar-refractivity contribution in [2.45, 2.75) is 26.1 Å². The van der Waals surface area contributed by atoms with Gasteiger partial charge in [-0.15, -0.1) is 0 Å². The number of amides is 1. The Balaban J connectivity index is 1.95. The zero-order valence-corrected chi connectivity index (χ0v) is 16.3. The molecule has 0 aromatic heterocycles. The highest BCUT2D eigenvalue weighted by atomic mass is 32.2. The lowest BCUT2D eigenvalue weighted by atomic mass is 10.2. The van der Waals surface area contributed by atoms with E-state index in [1.807, 2.05) is 13.8 Å². The van der Waals surface area contributed by atoms with E-state index < -0.39 is 15.9 Å². The number of sulfonamides is 1. The molecular formula is C17H26N2O6S. The highest BCUT2D eigenvalue weighted by Crippen LogP contribution is 2.24. The van der Waals surface area contributed by atoms with Crippen LogP contribution >= 0.6 is 0 Å². The lowest BCUT2D eigenvalue weighted by molar-refractivity contribution is -0.0440. The Morgan fingerprint density at radius 1 is 1.23 bits per heavy atom. The molecule has 9 heteroatoms. The first-order valence-corrected chi connectivity index (χ1v) is 10.0. The van der Waals surface area contributed by atoms with Crippen LogP contribution in [-0.4, -0.2) is 70.4 Å². The number of benzene rings is 1. The molecule has 1 aromatic carbocycles. The first-order valence-electron chi connectivity index (χ1n) is 8.40. The van der Waals surface area contributed by atoms with E-state index in [2.05, 4.69) is 5.32 Å². The highest BCUT2D eigenvalue weighted by Gasteiger charge is 2.30. The zero-order valence-electron chi connectivity index (χ0n) is 15.5. The molecule has 0 spiro atoms. The van der Waals surface area contributed by atoms with Crippen molar-refractivity contribution >= 4 is 15.9 Å². The van der Waals surface area contributed by atoms with Gasteiger partial charge in [0.25, 0.3) is 5.91 Å². The average molecular weight is 386 g/mol. The summed E-state index contributed by atoms with van der Waals surface area (Å²) in [6.45, 7) is 4.35. The number of carbonyl (C=O) groups is 1. The molecule has 146 valence electrons. The van der Waals surface area contributed by atoms with Crippen molar-refractivity contribution in [3.8, 4) is 11.5 Å². The molecule has 26 heavy (non-hydrogen) atoms. The molecule has 0 radical (unpaired) electrons. The standard InChI is InChI=1S/C17H26N2O6S/c1-12-10-19(11-13(2)25-12)26(21,22)8-7-18-17(20)15-6-5-14(23-3)9-16(15)24-4/h5-6,9,12-13H,7-8,10-11H2,1-4H3,(H,18,20)/t12-,13+. The number of carbonyl (C=O) groups excluding carboxylic acids is 1. The molecule has 0 unspecified atom stereocenters. The van der Waals surface area contributed by atoms with Crippen molar-refractivity contribution in [2.75, 3.05) is 39.6 Å². The molecule has 8 nitrogen and oxygen atoms in total. The van der Waals surface area contributed by atoms with E-state index >= 15 is 0 Å². The maximum atomic E-state index is 12.5. The quantitative estimate of drug-likeness (QED) is 0.747. The van der Waals surface area contributed by atoms with Gasteiger partial charge in [0.2, 0.25) is 10.0 Å². The van der Waals surface area contributed by atoms with Crippen LogP contribution in [0.4, 0.5) is 0 Å². The molecule has 1 saturated heterocycles. The molecule has 1 fully saturated rings. The summed E-state index contributed by atoms with van der Waals surface area (Å²) in [7, 11) is -0.490. The second-order valence-corrected chi connectivity index (χ2v) is 8.30. The van der Waals surface area contributed by atoms with Crippen molar-refractivity contribution in [3.63, 3.8) is 0 Å². The Hall–Kier alpha value is -1.84. The van der Waals surface area contributed by atoms with Gasteiger partial charge in [-0.2, -0.15) is 4.31 Å². The van der Waals surface area contributed by atoms with E-state index in [9.17, 15) is 13.2 Å². The number of rotatable bonds is 7. The summed E-state index contributed by atoms with van der Waals surface area (Å²) in [5.41, 5.74) is 0.319. The lowest BCUT2D eigenvalue weighted by Crippen LogP contribution is -2.49. The molecule has 1 heterocycles. The van der Waals surface area contributed by atoms with Crippen LogP contribution in [0.15, 0.2) is 18.2 Å². The van der Waals surface area contributed by atoms with Crippen LogP contribution in [0.2, 0.25) is 0 Å². The second kappa shape index (κ2) is 8.70. The number of nitrogens with one attached hydrogen (secondary N) is 1. The average Bonchev–Trinajstić information content (AvgIpc) is 2.60. The second-order valence-electron chi connectivity index (χ2n) is 6.21. The van der Waals surface area contributed by atoms with Crippen molar-refractivity contribution in [1.29, 1.82) is 0 Å². The largest absolute Gasteiger partial charge is 0.497 e. The summed E-state index contributed by atoms with van der Waals surface area (Å²) in [4.78, 5) is 12.3. The smallest absolute Gasteiger partial charge is 0.255 e. The predicted octanol–water partition coefficient (Wildman–Crippen LogP) is 0.873. The number of methoxy groups -OCH3 is 2. The van der Waals surface area contributed by atoms with Gasteiger partial charge >= 0.3 is 0 Å². The molecule has 1 aliphatic rings. The third-order valence-corrected chi connectivity index (χ3v) is 5.88. The maximum absolute atomic E-state index is 12.5. The molecule has 2 atom stereocenters. The van der Waals surface area contributed by atoms with Crippen molar-refractivity contribution in [2.24, 2.45) is 0 Å². The van der Waals surface area contributed by atoms with Gasteiger partial charge in [-0.3, -0.25) is 4.79 Å². The Labute approximate surface area is 154 Å². The first kappa shape index (κ1) is 20.5. The molecule has 0 saturated carbocycles. The first-order chi connectivity index (χ1) is 12.3. The van der Waals surface area contributed by atoms with Crippen LogP contribution in [0.25, 0.3) is 0 Å². The van der Waals surface area contributed by atoms with Gasteiger partial charge in [-0.05, 0) is 26.0 Å². The molecule has 0 bridgehead atoms. The Morgan fingerprint density at radius 2 is 1.88 bits per heavy atom. The third kappa shape index (κ3) is 5.09. The van der Waals surface area contributed by atoms with Crippen LogP contribution in [0.3, 0.4) is 0 Å². The van der Waals surface area contributed by atoms with E-state index in [-0.39, 0.29) is 24.5 Å². The molecule has 2 rings (SSSR count). The Morgan fingerprint density at radius 3 is 2.46 bits per heavy atom. The van der Waals surface area contributed by atoms with E-state index in [0.29, 0.717) is 30.2 Å². The minimum Gasteiger partial charge on any atom is -0.497 e. The summed E-state index contributed by atoms with van der Waals surface area (Å²) >= 11 is 0. The van der Waals surface area contributed by atoms with E-state index in [0.717, 1.165) is 0 Å². The van der Waals surface area contributed by atoms with Crippen molar-refractivity contribution in [1.82, 2.24) is 9.62 Å². The van der Waals surface area contributed by atoms with Gasteiger partial charge in [-0.25, -0.2) is 8.42 Å². The Kier molecular flexibility index (Phi) is 6.85. The number of nitrogens with zero attached hydrogens (tertiary/aromatic N) is 1. The minimum absolute atomic E-state index is 0.0104. The van der Waals surface area contributed by atoms with Crippen LogP contribution in [0, 0.1) is 0 Å². The molecule has 1 amide bonds. The fourth-order valence-electron chi connectivity index (χ4n) is 2.86. The van der Waals surface area contributed by atoms with Gasteiger partial charge in [0.15, 0.2) is 0 Å². The van der Waals surface area contributed by atoms with Crippen LogP contribution in [0.5, 0.6) is 11.5 Å². The lowest BCUT2D eigenvalue weighted by Gasteiger charge is -2.34. The molecule has 1 aliphatic heterocycles. The normalized spacial score (nSPS) is 21.2. The summed E-state index contributed by atoms with van der Waals surface area (Å²) in [6.07, 6.45) is -0.293. The van der Waals surface area contributed by atoms with E-state index in [1.54, 1.807) is 18.2 Å². The SMILES string of the molecule is COc1ccc(C(=O)NCCS(=O)(=O)N2C[C@@H](C)O[C@@H](C)C2)c(OC)c1. The number of morpholine rings is 1. The third-order valence-electron chi connectivity index (χ3n) is 4.08. The molecular weight excluding hydrogens is 360 g/mol. The number of ether oxygens (including phenoxy) is 3. The predicted molar refractivity (Wildman–Crippen MR) is 97.2 cm³/mol. The van der Waals surface area contributed by atoms with Crippen LogP contribution in [0.1, 0.15) is 24.2 Å². The molecule has 0 aliphatic carbocycles. The topological polar surface area (TPSA) is 94.2 Å². The summed E-state index contributed by atoms with van der Waals surface area (Å²) in [5.74, 6) is 0.358. The summed E-state index contributed by atoms with van der Waals surface area (Å²) in [5, 5.41) is 2.63. The fourth-order valence-corrected chi connectivity index (χ4v) is 4.35. The monoisotopic (exact) mass is 386 g/mol. The van der Waals surface area contributed by atoms with E-state index in [4.69, 9.17) is 14.2 Å². The maximum Gasteiger partial charge on any atom is 0.255 e. The summed E-state index contributed by atoms with van der Waals surface area (Å²) in [6, 6.07) is 4.82. The van der Waals surface area contributed by atoms with Crippen molar-refractivity contribution in [3.05, 3.63) is 23.8 Å². The number of hydrogen-bond donors (Lipinski definition) is 1. The Bertz CT molecular complexity index is 727. The van der Waals surface area contributed by atoms with Crippen LogP contribution in [-0.2, 0) is 14.8 Å². The van der Waals surface area contributed by atoms with Crippen molar-refractivity contribution < 1.29 is 27.4 Å². The highest BCUT2D eigenvalue weighted by molar-refractivity contribution is 7.89. The minimum atomic E-state index is -3.47. The molecule has 1 aromatic rings. The molecule has 1 N–H and O–H groups in total. The van der Waals surface area contributed by atoms with Gasteiger partial charge in [0, 0.05) is 25.7 Å². The van der Waals surface area contributed by atoms with E-state index in [1.165, 1.54) is 18.5 Å². The summed E-state index contributed by atoms with van der Waals surface area (Å²) < 4.78 is 42.2. The van der Waals surface area contributed by atoms with Crippen LogP contribution < -0.4 is 14.8 Å². The van der Waals surface area contributed by atoms with Gasteiger partial charge in [0.1, 0.15) is 11.5 Å². The zero-order chi connectivity index (χ0) is 19.3. The van der Waals surface area contributed by atoms with Gasteiger partial charge in [-0.1, -0.05) is 0 Å².